The predicted octanol–water partition coefficient (Wildman–Crippen LogP) is 1.12. The molecule has 1 unspecified atom stereocenters. The minimum absolute atomic E-state index is 0.135. The van der Waals surface area contributed by atoms with Gasteiger partial charge in [-0.2, -0.15) is 0 Å². The number of para-hydroxylation sites is 1. The standard InChI is InChI=1S/C13H20N2O3/c1-9(6-7-14)8-15-13(17)10-4-3-5-11(18-2)12(10)16/h3-5,9,16H,6-8,14H2,1-2H3,(H,15,17). The molecule has 0 saturated heterocycles. The van der Waals surface area contributed by atoms with Crippen LogP contribution in [0.2, 0.25) is 0 Å². The Morgan fingerprint density at radius 3 is 2.89 bits per heavy atom. The summed E-state index contributed by atoms with van der Waals surface area (Å²) in [7, 11) is 1.44. The number of carbonyl (C=O) groups is 1. The molecule has 0 radical (unpaired) electrons. The number of phenols is 1. The van der Waals surface area contributed by atoms with Crippen LogP contribution in [0.15, 0.2) is 18.2 Å². The molecule has 4 N–H and O–H groups in total. The van der Waals surface area contributed by atoms with Gasteiger partial charge in [0.25, 0.3) is 5.91 Å². The lowest BCUT2D eigenvalue weighted by Gasteiger charge is -2.13. The summed E-state index contributed by atoms with van der Waals surface area (Å²) in [6.45, 7) is 3.15. The molecule has 5 nitrogen and oxygen atoms in total. The highest BCUT2D eigenvalue weighted by Crippen LogP contribution is 2.29. The van der Waals surface area contributed by atoms with Crippen LogP contribution in [0.25, 0.3) is 0 Å². The van der Waals surface area contributed by atoms with Gasteiger partial charge in [-0.3, -0.25) is 4.79 Å². The normalized spacial score (nSPS) is 11.9. The van der Waals surface area contributed by atoms with E-state index in [1.54, 1.807) is 18.2 Å². The third-order valence-electron chi connectivity index (χ3n) is 2.73. The summed E-state index contributed by atoms with van der Waals surface area (Å²) in [5, 5.41) is 12.6. The molecule has 1 aromatic carbocycles. The summed E-state index contributed by atoms with van der Waals surface area (Å²) < 4.78 is 4.95. The van der Waals surface area contributed by atoms with Crippen molar-refractivity contribution in [3.63, 3.8) is 0 Å². The second kappa shape index (κ2) is 6.86. The summed E-state index contributed by atoms with van der Waals surface area (Å²) in [5.74, 6) is 0.156. The van der Waals surface area contributed by atoms with Crippen LogP contribution in [0.4, 0.5) is 0 Å². The Bertz CT molecular complexity index is 407. The smallest absolute Gasteiger partial charge is 0.255 e. The number of benzene rings is 1. The van der Waals surface area contributed by atoms with Crippen molar-refractivity contribution < 1.29 is 14.6 Å². The van der Waals surface area contributed by atoms with Gasteiger partial charge in [-0.05, 0) is 31.0 Å². The first-order valence-electron chi connectivity index (χ1n) is 5.94. The van der Waals surface area contributed by atoms with E-state index >= 15 is 0 Å². The molecule has 5 heteroatoms. The van der Waals surface area contributed by atoms with E-state index < -0.39 is 0 Å². The number of aromatic hydroxyl groups is 1. The number of amides is 1. The molecule has 0 spiro atoms. The zero-order valence-electron chi connectivity index (χ0n) is 10.8. The van der Waals surface area contributed by atoms with Gasteiger partial charge >= 0.3 is 0 Å². The Labute approximate surface area is 107 Å². The Kier molecular flexibility index (Phi) is 5.45. The fraction of sp³-hybridized carbons (Fsp3) is 0.462. The molecular weight excluding hydrogens is 232 g/mol. The monoisotopic (exact) mass is 252 g/mol. The topological polar surface area (TPSA) is 84.6 Å². The lowest BCUT2D eigenvalue weighted by Crippen LogP contribution is -2.29. The molecule has 1 rings (SSSR count). The van der Waals surface area contributed by atoms with Crippen LogP contribution in [0.1, 0.15) is 23.7 Å². The van der Waals surface area contributed by atoms with Crippen molar-refractivity contribution >= 4 is 5.91 Å². The van der Waals surface area contributed by atoms with Crippen molar-refractivity contribution in [1.29, 1.82) is 0 Å². The summed E-state index contributed by atoms with van der Waals surface area (Å²) in [6, 6.07) is 4.82. The zero-order valence-corrected chi connectivity index (χ0v) is 10.8. The van der Waals surface area contributed by atoms with E-state index in [2.05, 4.69) is 5.32 Å². The Balaban J connectivity index is 2.67. The Hall–Kier alpha value is -1.75. The van der Waals surface area contributed by atoms with Gasteiger partial charge < -0.3 is 20.9 Å². The number of nitrogens with one attached hydrogen (secondary N) is 1. The molecule has 0 aliphatic heterocycles. The highest BCUT2D eigenvalue weighted by Gasteiger charge is 2.14. The first kappa shape index (κ1) is 14.3. The van der Waals surface area contributed by atoms with E-state index in [1.807, 2.05) is 6.92 Å². The lowest BCUT2D eigenvalue weighted by molar-refractivity contribution is 0.0944. The van der Waals surface area contributed by atoms with Crippen LogP contribution >= 0.6 is 0 Å². The van der Waals surface area contributed by atoms with Crippen molar-refractivity contribution in [1.82, 2.24) is 5.32 Å². The quantitative estimate of drug-likeness (QED) is 0.708. The molecule has 18 heavy (non-hydrogen) atoms. The van der Waals surface area contributed by atoms with Crippen LogP contribution in [-0.2, 0) is 0 Å². The van der Waals surface area contributed by atoms with Crippen LogP contribution in [-0.4, -0.2) is 31.2 Å². The second-order valence-corrected chi connectivity index (χ2v) is 4.25. The summed E-state index contributed by atoms with van der Waals surface area (Å²) in [6.07, 6.45) is 0.852. The fourth-order valence-electron chi connectivity index (χ4n) is 1.62. The number of methoxy groups -OCH3 is 1. The van der Waals surface area contributed by atoms with Crippen LogP contribution in [0.3, 0.4) is 0 Å². The Morgan fingerprint density at radius 1 is 1.56 bits per heavy atom. The molecule has 0 aliphatic rings. The first-order chi connectivity index (χ1) is 8.60. The van der Waals surface area contributed by atoms with Crippen LogP contribution < -0.4 is 15.8 Å². The number of nitrogens with two attached hydrogens (primary N) is 1. The minimum atomic E-state index is -0.310. The van der Waals surface area contributed by atoms with E-state index in [9.17, 15) is 9.90 Å². The van der Waals surface area contributed by atoms with Gasteiger partial charge in [-0.15, -0.1) is 0 Å². The third-order valence-corrected chi connectivity index (χ3v) is 2.73. The average Bonchev–Trinajstić information content (AvgIpc) is 2.36. The summed E-state index contributed by atoms with van der Waals surface area (Å²) >= 11 is 0. The van der Waals surface area contributed by atoms with Gasteiger partial charge in [-0.1, -0.05) is 13.0 Å². The molecule has 1 atom stereocenters. The fourth-order valence-corrected chi connectivity index (χ4v) is 1.62. The number of hydrogen-bond acceptors (Lipinski definition) is 4. The molecular formula is C13H20N2O3. The van der Waals surface area contributed by atoms with Crippen molar-refractivity contribution in [2.45, 2.75) is 13.3 Å². The first-order valence-corrected chi connectivity index (χ1v) is 5.94. The molecule has 1 aromatic rings. The van der Waals surface area contributed by atoms with Gasteiger partial charge in [0.1, 0.15) is 0 Å². The van der Waals surface area contributed by atoms with Crippen molar-refractivity contribution in [2.24, 2.45) is 11.7 Å². The molecule has 0 heterocycles. The van der Waals surface area contributed by atoms with Crippen molar-refractivity contribution in [3.05, 3.63) is 23.8 Å². The second-order valence-electron chi connectivity index (χ2n) is 4.25. The van der Waals surface area contributed by atoms with Gasteiger partial charge in [0.2, 0.25) is 0 Å². The summed E-state index contributed by atoms with van der Waals surface area (Å²) in [4.78, 5) is 11.9. The third kappa shape index (κ3) is 3.63. The minimum Gasteiger partial charge on any atom is -0.504 e. The summed E-state index contributed by atoms with van der Waals surface area (Å²) in [5.41, 5.74) is 5.66. The van der Waals surface area contributed by atoms with E-state index in [0.717, 1.165) is 6.42 Å². The lowest BCUT2D eigenvalue weighted by atomic mass is 10.1. The zero-order chi connectivity index (χ0) is 13.5. The predicted molar refractivity (Wildman–Crippen MR) is 69.8 cm³/mol. The van der Waals surface area contributed by atoms with Gasteiger partial charge in [0.15, 0.2) is 11.5 Å². The van der Waals surface area contributed by atoms with Crippen LogP contribution in [0.5, 0.6) is 11.5 Å². The van der Waals surface area contributed by atoms with Gasteiger partial charge in [0, 0.05) is 6.54 Å². The number of phenolic OH excluding ortho intramolecular Hbond substituents is 1. The van der Waals surface area contributed by atoms with E-state index in [1.165, 1.54) is 7.11 Å². The van der Waals surface area contributed by atoms with E-state index in [0.29, 0.717) is 19.0 Å². The molecule has 0 fully saturated rings. The number of rotatable bonds is 6. The maximum atomic E-state index is 11.9. The average molecular weight is 252 g/mol. The molecule has 100 valence electrons. The van der Waals surface area contributed by atoms with Crippen molar-refractivity contribution in [2.75, 3.05) is 20.2 Å². The molecule has 0 bridgehead atoms. The van der Waals surface area contributed by atoms with E-state index in [4.69, 9.17) is 10.5 Å². The molecule has 1 amide bonds. The maximum Gasteiger partial charge on any atom is 0.255 e. The largest absolute Gasteiger partial charge is 0.504 e. The highest BCUT2D eigenvalue weighted by atomic mass is 16.5. The Morgan fingerprint density at radius 2 is 2.28 bits per heavy atom. The van der Waals surface area contributed by atoms with Gasteiger partial charge in [-0.25, -0.2) is 0 Å². The number of ether oxygens (including phenoxy) is 1. The van der Waals surface area contributed by atoms with Crippen LogP contribution in [0, 0.1) is 5.92 Å². The molecule has 0 aliphatic carbocycles. The maximum absolute atomic E-state index is 11.9. The SMILES string of the molecule is COc1cccc(C(=O)NCC(C)CCN)c1O. The molecule has 0 aromatic heterocycles. The van der Waals surface area contributed by atoms with Crippen molar-refractivity contribution in [3.8, 4) is 11.5 Å². The highest BCUT2D eigenvalue weighted by molar-refractivity contribution is 5.97. The molecule has 0 saturated carbocycles. The number of hydrogen-bond donors (Lipinski definition) is 3. The van der Waals surface area contributed by atoms with Gasteiger partial charge in [0.05, 0.1) is 12.7 Å². The number of carbonyl (C=O) groups excluding carboxylic acids is 1. The van der Waals surface area contributed by atoms with E-state index in [-0.39, 0.29) is 23.0 Å².